The minimum absolute atomic E-state index is 0.156. The van der Waals surface area contributed by atoms with Crippen LogP contribution in [0, 0.1) is 9.39 Å². The Hall–Kier alpha value is -3.38. The van der Waals surface area contributed by atoms with Gasteiger partial charge in [-0.25, -0.2) is 14.2 Å². The van der Waals surface area contributed by atoms with E-state index in [9.17, 15) is 14.0 Å². The van der Waals surface area contributed by atoms with Crippen LogP contribution in [0.15, 0.2) is 70.6 Å². The molecular weight excluding hydrogens is 622 g/mol. The number of hydrogen-bond acceptors (Lipinski definition) is 6. The van der Waals surface area contributed by atoms with Crippen LogP contribution < -0.4 is 9.47 Å². The van der Waals surface area contributed by atoms with Gasteiger partial charge in [-0.2, -0.15) is 0 Å². The number of amides is 1. The van der Waals surface area contributed by atoms with Crippen molar-refractivity contribution >= 4 is 63.2 Å². The number of rotatable bonds is 9. The number of likely N-dealkylation sites (N-methyl/N-ethyl adjacent to an activating group) is 1. The van der Waals surface area contributed by atoms with Crippen molar-refractivity contribution in [2.75, 3.05) is 13.2 Å². The van der Waals surface area contributed by atoms with Crippen LogP contribution in [0.25, 0.3) is 6.08 Å². The van der Waals surface area contributed by atoms with Crippen molar-refractivity contribution in [3.8, 4) is 11.5 Å². The molecule has 0 atom stereocenters. The van der Waals surface area contributed by atoms with E-state index in [2.05, 4.69) is 27.6 Å². The van der Waals surface area contributed by atoms with Gasteiger partial charge in [-0.3, -0.25) is 9.69 Å². The third kappa shape index (κ3) is 6.54. The van der Waals surface area contributed by atoms with E-state index in [0.29, 0.717) is 40.4 Å². The summed E-state index contributed by atoms with van der Waals surface area (Å²) in [6.45, 7) is 4.86. The molecule has 10 heteroatoms. The van der Waals surface area contributed by atoms with Gasteiger partial charge in [0, 0.05) is 6.54 Å². The molecule has 0 unspecified atom stereocenters. The first kappa shape index (κ1) is 27.6. The standard InChI is InChI=1S/C28H24FIN2O5S/c1-3-32-26(33)24(38-28(32)31-21-11-9-20(29)10-12-21)15-18-13-22(30)25(23(14-18)36-4-2)37-16-17-5-7-19(8-6-17)27(34)35/h5-15H,3-4,16H2,1-2H3,(H,34,35)/b24-15+,31-28?. The lowest BCUT2D eigenvalue weighted by Crippen LogP contribution is -2.28. The van der Waals surface area contributed by atoms with Crippen LogP contribution in [0.2, 0.25) is 0 Å². The molecular formula is C28H24FIN2O5S. The van der Waals surface area contributed by atoms with Crippen molar-refractivity contribution in [1.29, 1.82) is 0 Å². The average molecular weight is 646 g/mol. The number of benzene rings is 3. The van der Waals surface area contributed by atoms with Gasteiger partial charge in [0.05, 0.1) is 26.3 Å². The predicted molar refractivity (Wildman–Crippen MR) is 155 cm³/mol. The van der Waals surface area contributed by atoms with Gasteiger partial charge in [-0.1, -0.05) is 12.1 Å². The van der Waals surface area contributed by atoms with Gasteiger partial charge in [0.2, 0.25) is 0 Å². The second kappa shape index (κ2) is 12.4. The highest BCUT2D eigenvalue weighted by atomic mass is 127. The lowest BCUT2D eigenvalue weighted by molar-refractivity contribution is -0.122. The number of nitrogens with zero attached hydrogens (tertiary/aromatic N) is 2. The monoisotopic (exact) mass is 646 g/mol. The Labute approximate surface area is 237 Å². The van der Waals surface area contributed by atoms with Gasteiger partial charge in [0.1, 0.15) is 12.4 Å². The molecule has 0 aliphatic carbocycles. The predicted octanol–water partition coefficient (Wildman–Crippen LogP) is 6.73. The van der Waals surface area contributed by atoms with E-state index in [0.717, 1.165) is 14.7 Å². The molecule has 0 radical (unpaired) electrons. The number of ether oxygens (including phenoxy) is 2. The van der Waals surface area contributed by atoms with E-state index >= 15 is 0 Å². The van der Waals surface area contributed by atoms with Crippen LogP contribution in [0.4, 0.5) is 10.1 Å². The van der Waals surface area contributed by atoms with Crippen LogP contribution in [0.5, 0.6) is 11.5 Å². The number of aromatic carboxylic acids is 1. The second-order valence-electron chi connectivity index (χ2n) is 8.08. The molecule has 196 valence electrons. The molecule has 1 amide bonds. The minimum Gasteiger partial charge on any atom is -0.490 e. The van der Waals surface area contributed by atoms with E-state index in [4.69, 9.17) is 14.6 Å². The first-order chi connectivity index (χ1) is 18.3. The Kier molecular flexibility index (Phi) is 9.05. The number of thioether (sulfide) groups is 1. The molecule has 1 heterocycles. The summed E-state index contributed by atoms with van der Waals surface area (Å²) in [4.78, 5) is 30.8. The maximum absolute atomic E-state index is 13.3. The Balaban J connectivity index is 1.58. The number of aliphatic imine (C=N–C) groups is 1. The fourth-order valence-corrected chi connectivity index (χ4v) is 5.46. The number of carbonyl (C=O) groups excluding carboxylic acids is 1. The molecule has 0 bridgehead atoms. The SMILES string of the molecule is CCOc1cc(/C=C2/SC(=Nc3ccc(F)cc3)N(CC)C2=O)cc(I)c1OCc1ccc(C(=O)O)cc1. The summed E-state index contributed by atoms with van der Waals surface area (Å²) in [5.74, 6) is -0.380. The number of amidine groups is 1. The molecule has 1 aliphatic rings. The van der Waals surface area contributed by atoms with Gasteiger partial charge >= 0.3 is 5.97 Å². The molecule has 0 aromatic heterocycles. The van der Waals surface area contributed by atoms with E-state index in [1.54, 1.807) is 35.2 Å². The van der Waals surface area contributed by atoms with Crippen molar-refractivity contribution < 1.29 is 28.6 Å². The number of carboxylic acids is 1. The van der Waals surface area contributed by atoms with Gasteiger partial charge in [-0.15, -0.1) is 0 Å². The van der Waals surface area contributed by atoms with Crippen molar-refractivity contribution in [3.05, 3.63) is 91.6 Å². The Morgan fingerprint density at radius 2 is 1.82 bits per heavy atom. The summed E-state index contributed by atoms with van der Waals surface area (Å²) in [5, 5.41) is 9.61. The molecule has 1 saturated heterocycles. The normalized spacial score (nSPS) is 15.4. The summed E-state index contributed by atoms with van der Waals surface area (Å²) in [6, 6.07) is 16.0. The molecule has 1 fully saturated rings. The molecule has 1 aliphatic heterocycles. The summed E-state index contributed by atoms with van der Waals surface area (Å²) in [6.07, 6.45) is 1.79. The van der Waals surface area contributed by atoms with E-state index in [1.165, 1.54) is 36.0 Å². The van der Waals surface area contributed by atoms with E-state index in [1.807, 2.05) is 26.0 Å². The largest absolute Gasteiger partial charge is 0.490 e. The topological polar surface area (TPSA) is 88.4 Å². The van der Waals surface area contributed by atoms with E-state index < -0.39 is 5.97 Å². The van der Waals surface area contributed by atoms with Crippen LogP contribution in [-0.2, 0) is 11.4 Å². The highest BCUT2D eigenvalue weighted by Gasteiger charge is 2.32. The van der Waals surface area contributed by atoms with Crippen LogP contribution in [0.1, 0.15) is 35.3 Å². The molecule has 7 nitrogen and oxygen atoms in total. The highest BCUT2D eigenvalue weighted by molar-refractivity contribution is 14.1. The summed E-state index contributed by atoms with van der Waals surface area (Å²) in [5.41, 5.74) is 2.36. The summed E-state index contributed by atoms with van der Waals surface area (Å²) in [7, 11) is 0. The zero-order valence-electron chi connectivity index (χ0n) is 20.6. The molecule has 0 saturated carbocycles. The van der Waals surface area contributed by atoms with Gasteiger partial charge < -0.3 is 14.6 Å². The quantitative estimate of drug-likeness (QED) is 0.205. The molecule has 3 aromatic carbocycles. The fourth-order valence-electron chi connectivity index (χ4n) is 3.62. The number of carboxylic acid groups (broad SMARTS) is 1. The molecule has 0 spiro atoms. The van der Waals surface area contributed by atoms with Crippen LogP contribution >= 0.6 is 34.4 Å². The number of hydrogen-bond donors (Lipinski definition) is 1. The summed E-state index contributed by atoms with van der Waals surface area (Å²) >= 11 is 3.43. The zero-order valence-corrected chi connectivity index (χ0v) is 23.6. The first-order valence-corrected chi connectivity index (χ1v) is 13.7. The maximum atomic E-state index is 13.3. The van der Waals surface area contributed by atoms with Crippen LogP contribution in [0.3, 0.4) is 0 Å². The van der Waals surface area contributed by atoms with Crippen molar-refractivity contribution in [2.45, 2.75) is 20.5 Å². The zero-order chi connectivity index (χ0) is 27.2. The fraction of sp³-hybridized carbons (Fsp3) is 0.179. The Morgan fingerprint density at radius 1 is 1.11 bits per heavy atom. The Bertz CT molecular complexity index is 1410. The number of carbonyl (C=O) groups is 2. The maximum Gasteiger partial charge on any atom is 0.335 e. The molecule has 3 aromatic rings. The summed E-state index contributed by atoms with van der Waals surface area (Å²) < 4.78 is 26.0. The van der Waals surface area contributed by atoms with E-state index in [-0.39, 0.29) is 23.9 Å². The number of halogens is 2. The van der Waals surface area contributed by atoms with Gasteiger partial charge in [-0.05, 0) is 114 Å². The minimum atomic E-state index is -0.981. The first-order valence-electron chi connectivity index (χ1n) is 11.8. The van der Waals surface area contributed by atoms with Crippen molar-refractivity contribution in [2.24, 2.45) is 4.99 Å². The molecule has 38 heavy (non-hydrogen) atoms. The second-order valence-corrected chi connectivity index (χ2v) is 10.3. The van der Waals surface area contributed by atoms with Gasteiger partial charge in [0.25, 0.3) is 5.91 Å². The molecule has 4 rings (SSSR count). The molecule has 1 N–H and O–H groups in total. The average Bonchev–Trinajstić information content (AvgIpc) is 3.18. The van der Waals surface area contributed by atoms with Crippen LogP contribution in [-0.4, -0.2) is 40.2 Å². The smallest absolute Gasteiger partial charge is 0.335 e. The van der Waals surface area contributed by atoms with Crippen molar-refractivity contribution in [3.63, 3.8) is 0 Å². The third-order valence-electron chi connectivity index (χ3n) is 5.47. The lowest BCUT2D eigenvalue weighted by Gasteiger charge is -2.15. The van der Waals surface area contributed by atoms with Crippen molar-refractivity contribution in [1.82, 2.24) is 4.90 Å². The lowest BCUT2D eigenvalue weighted by atomic mass is 10.1. The van der Waals surface area contributed by atoms with Gasteiger partial charge in [0.15, 0.2) is 16.7 Å². The Morgan fingerprint density at radius 3 is 2.45 bits per heavy atom. The third-order valence-corrected chi connectivity index (χ3v) is 7.28. The highest BCUT2D eigenvalue weighted by Crippen LogP contribution is 2.38.